The largest absolute Gasteiger partial charge is 0.455 e. The number of para-hydroxylation sites is 1. The standard InChI is InChI=1S/C50H31NOS/c1-2-12-32(13-3-1)37-30-31-45(48-43-17-6-8-22-46(43)52-49(37)48)51(44-21-11-19-39-36-15-5-4-14-33(36)26-29-40(39)44)35-27-24-34(25-28-35)38-18-10-20-42-41-16-7-9-23-47(41)53-50(38)42/h1-31H. The summed E-state index contributed by atoms with van der Waals surface area (Å²) >= 11 is 1.87. The monoisotopic (exact) mass is 693 g/mol. The molecule has 2 nitrogen and oxygen atoms in total. The van der Waals surface area contributed by atoms with E-state index in [9.17, 15) is 0 Å². The molecule has 0 atom stereocenters. The second-order valence-corrected chi connectivity index (χ2v) is 14.7. The van der Waals surface area contributed by atoms with Gasteiger partial charge in [0, 0.05) is 42.2 Å². The minimum absolute atomic E-state index is 0.878. The van der Waals surface area contributed by atoms with E-state index in [-0.39, 0.29) is 0 Å². The van der Waals surface area contributed by atoms with Crippen LogP contribution in [0.15, 0.2) is 192 Å². The third-order valence-electron chi connectivity index (χ3n) is 10.7. The average molecular weight is 694 g/mol. The Balaban J connectivity index is 1.17. The summed E-state index contributed by atoms with van der Waals surface area (Å²) in [6, 6.07) is 67.9. The van der Waals surface area contributed by atoms with Crippen LogP contribution in [0.5, 0.6) is 0 Å². The van der Waals surface area contributed by atoms with E-state index < -0.39 is 0 Å². The van der Waals surface area contributed by atoms with Gasteiger partial charge in [-0.25, -0.2) is 0 Å². The van der Waals surface area contributed by atoms with Crippen molar-refractivity contribution in [3.8, 4) is 22.3 Å². The van der Waals surface area contributed by atoms with Crippen LogP contribution in [0.3, 0.4) is 0 Å². The fourth-order valence-electron chi connectivity index (χ4n) is 8.23. The normalized spacial score (nSPS) is 11.8. The van der Waals surface area contributed by atoms with E-state index in [0.29, 0.717) is 0 Å². The summed E-state index contributed by atoms with van der Waals surface area (Å²) in [5, 5.41) is 9.72. The molecule has 9 aromatic carbocycles. The summed E-state index contributed by atoms with van der Waals surface area (Å²) in [6.07, 6.45) is 0. The van der Waals surface area contributed by atoms with E-state index in [2.05, 4.69) is 193 Å². The topological polar surface area (TPSA) is 16.4 Å². The molecule has 0 amide bonds. The lowest BCUT2D eigenvalue weighted by molar-refractivity contribution is 0.670. The lowest BCUT2D eigenvalue weighted by Gasteiger charge is -2.28. The number of fused-ring (bicyclic) bond motifs is 9. The van der Waals surface area contributed by atoms with Crippen LogP contribution >= 0.6 is 11.3 Å². The van der Waals surface area contributed by atoms with Crippen molar-refractivity contribution < 1.29 is 4.42 Å². The van der Waals surface area contributed by atoms with Crippen molar-refractivity contribution in [2.75, 3.05) is 4.90 Å². The summed E-state index contributed by atoms with van der Waals surface area (Å²) in [7, 11) is 0. The fraction of sp³-hybridized carbons (Fsp3) is 0. The van der Waals surface area contributed by atoms with Crippen LogP contribution < -0.4 is 4.90 Å². The highest BCUT2D eigenvalue weighted by Gasteiger charge is 2.24. The molecule has 2 aromatic heterocycles. The molecular weight excluding hydrogens is 663 g/mol. The molecule has 0 radical (unpaired) electrons. The van der Waals surface area contributed by atoms with E-state index in [1.54, 1.807) is 0 Å². The Labute approximate surface area is 310 Å². The van der Waals surface area contributed by atoms with Crippen molar-refractivity contribution in [3.63, 3.8) is 0 Å². The Morgan fingerprint density at radius 2 is 1.09 bits per heavy atom. The Morgan fingerprint density at radius 3 is 1.98 bits per heavy atom. The highest BCUT2D eigenvalue weighted by Crippen LogP contribution is 2.48. The highest BCUT2D eigenvalue weighted by atomic mass is 32.1. The predicted molar refractivity (Wildman–Crippen MR) is 227 cm³/mol. The molecule has 0 N–H and O–H groups in total. The van der Waals surface area contributed by atoms with Crippen molar-refractivity contribution in [2.45, 2.75) is 0 Å². The van der Waals surface area contributed by atoms with Crippen LogP contribution in [0.1, 0.15) is 0 Å². The predicted octanol–water partition coefficient (Wildman–Crippen LogP) is 15.1. The SMILES string of the molecule is c1ccc(-c2ccc(N(c3ccc(-c4cccc5c4sc4ccccc45)cc3)c3cccc4c3ccc3ccccc34)c3c2oc2ccccc23)cc1. The highest BCUT2D eigenvalue weighted by molar-refractivity contribution is 7.26. The maximum Gasteiger partial charge on any atom is 0.145 e. The Hall–Kier alpha value is -6.68. The fourth-order valence-corrected chi connectivity index (χ4v) is 9.47. The molecule has 0 aliphatic heterocycles. The first-order valence-corrected chi connectivity index (χ1v) is 18.8. The van der Waals surface area contributed by atoms with Crippen molar-refractivity contribution in [2.24, 2.45) is 0 Å². The maximum atomic E-state index is 6.76. The lowest BCUT2D eigenvalue weighted by Crippen LogP contribution is -2.11. The number of anilines is 3. The number of thiophene rings is 1. The first kappa shape index (κ1) is 30.0. The van der Waals surface area contributed by atoms with Gasteiger partial charge in [0.2, 0.25) is 0 Å². The van der Waals surface area contributed by atoms with Gasteiger partial charge in [-0.2, -0.15) is 0 Å². The number of hydrogen-bond acceptors (Lipinski definition) is 3. The molecular formula is C50H31NOS. The first-order valence-electron chi connectivity index (χ1n) is 18.0. The minimum Gasteiger partial charge on any atom is -0.455 e. The number of hydrogen-bond donors (Lipinski definition) is 0. The van der Waals surface area contributed by atoms with Crippen molar-refractivity contribution in [1.82, 2.24) is 0 Å². The second-order valence-electron chi connectivity index (χ2n) is 13.6. The van der Waals surface area contributed by atoms with Gasteiger partial charge in [-0.05, 0) is 75.3 Å². The number of nitrogens with zero attached hydrogens (tertiary/aromatic N) is 1. The molecule has 0 saturated heterocycles. The van der Waals surface area contributed by atoms with Crippen LogP contribution in [0.25, 0.3) is 85.9 Å². The van der Waals surface area contributed by atoms with E-state index in [1.165, 1.54) is 52.8 Å². The molecule has 2 heterocycles. The van der Waals surface area contributed by atoms with Gasteiger partial charge in [0.1, 0.15) is 11.2 Å². The van der Waals surface area contributed by atoms with Crippen LogP contribution in [-0.4, -0.2) is 0 Å². The molecule has 0 bridgehead atoms. The third-order valence-corrected chi connectivity index (χ3v) is 11.9. The minimum atomic E-state index is 0.878. The van der Waals surface area contributed by atoms with Crippen molar-refractivity contribution in [1.29, 1.82) is 0 Å². The van der Waals surface area contributed by atoms with Crippen LogP contribution in [0, 0.1) is 0 Å². The zero-order chi connectivity index (χ0) is 34.9. The third kappa shape index (κ3) is 4.71. The van der Waals surface area contributed by atoms with Crippen molar-refractivity contribution >= 4 is 92.1 Å². The molecule has 53 heavy (non-hydrogen) atoms. The summed E-state index contributed by atoms with van der Waals surface area (Å²) in [5.74, 6) is 0. The van der Waals surface area contributed by atoms with E-state index in [1.807, 2.05) is 11.3 Å². The Bertz CT molecular complexity index is 3170. The molecule has 0 saturated carbocycles. The number of rotatable bonds is 5. The average Bonchev–Trinajstić information content (AvgIpc) is 3.81. The number of furan rings is 1. The van der Waals surface area contributed by atoms with Crippen LogP contribution in [0.2, 0.25) is 0 Å². The van der Waals surface area contributed by atoms with Gasteiger partial charge in [0.05, 0.1) is 16.8 Å². The van der Waals surface area contributed by atoms with E-state index in [0.717, 1.165) is 50.1 Å². The molecule has 0 fully saturated rings. The molecule has 0 aliphatic carbocycles. The van der Waals surface area contributed by atoms with Crippen LogP contribution in [-0.2, 0) is 0 Å². The molecule has 0 aliphatic rings. The van der Waals surface area contributed by atoms with Gasteiger partial charge in [-0.1, -0.05) is 146 Å². The quantitative estimate of drug-likeness (QED) is 0.167. The summed E-state index contributed by atoms with van der Waals surface area (Å²) < 4.78 is 9.40. The lowest BCUT2D eigenvalue weighted by atomic mass is 9.97. The molecule has 11 aromatic rings. The van der Waals surface area contributed by atoms with Gasteiger partial charge in [-0.3, -0.25) is 0 Å². The van der Waals surface area contributed by atoms with Crippen molar-refractivity contribution in [3.05, 3.63) is 188 Å². The maximum absolute atomic E-state index is 6.76. The van der Waals surface area contributed by atoms with E-state index >= 15 is 0 Å². The van der Waals surface area contributed by atoms with Gasteiger partial charge >= 0.3 is 0 Å². The Kier molecular flexibility index (Phi) is 6.76. The number of benzene rings is 9. The molecule has 3 heteroatoms. The van der Waals surface area contributed by atoms with E-state index in [4.69, 9.17) is 4.42 Å². The van der Waals surface area contributed by atoms with Gasteiger partial charge in [0.25, 0.3) is 0 Å². The molecule has 0 spiro atoms. The van der Waals surface area contributed by atoms with Gasteiger partial charge in [0.15, 0.2) is 0 Å². The van der Waals surface area contributed by atoms with Gasteiger partial charge in [-0.15, -0.1) is 11.3 Å². The molecule has 11 rings (SSSR count). The zero-order valence-corrected chi connectivity index (χ0v) is 29.5. The second kappa shape index (κ2) is 11.9. The first-order chi connectivity index (χ1) is 26.3. The molecule has 248 valence electrons. The smallest absolute Gasteiger partial charge is 0.145 e. The summed E-state index contributed by atoms with van der Waals surface area (Å²) in [6.45, 7) is 0. The summed E-state index contributed by atoms with van der Waals surface area (Å²) in [4.78, 5) is 2.43. The molecule has 0 unspecified atom stereocenters. The Morgan fingerprint density at radius 1 is 0.396 bits per heavy atom. The summed E-state index contributed by atoms with van der Waals surface area (Å²) in [5.41, 5.74) is 9.71. The van der Waals surface area contributed by atoms with Crippen LogP contribution in [0.4, 0.5) is 17.1 Å². The zero-order valence-electron chi connectivity index (χ0n) is 28.7. The van der Waals surface area contributed by atoms with Gasteiger partial charge < -0.3 is 9.32 Å².